The van der Waals surface area contributed by atoms with Crippen molar-refractivity contribution in [3.63, 3.8) is 0 Å². The van der Waals surface area contributed by atoms with Crippen molar-refractivity contribution in [3.05, 3.63) is 0 Å². The Kier molecular flexibility index (Phi) is 6.35. The van der Waals surface area contributed by atoms with Gasteiger partial charge in [0.25, 0.3) is 0 Å². The van der Waals surface area contributed by atoms with Crippen LogP contribution < -0.4 is 0 Å². The van der Waals surface area contributed by atoms with Gasteiger partial charge in [0, 0.05) is 25.2 Å². The van der Waals surface area contributed by atoms with E-state index in [9.17, 15) is 0 Å². The van der Waals surface area contributed by atoms with Crippen molar-refractivity contribution in [1.29, 1.82) is 0 Å². The molecule has 1 rings (SSSR count). The second-order valence-electron chi connectivity index (χ2n) is 3.75. The number of likely N-dealkylation sites (N-methyl/N-ethyl adjacent to an activating group) is 2. The Labute approximate surface area is 83.9 Å². The molecule has 1 heterocycles. The van der Waals surface area contributed by atoms with Gasteiger partial charge < -0.3 is 4.90 Å². The topological polar surface area (TPSA) is 6.48 Å². The highest BCUT2D eigenvalue weighted by Crippen LogP contribution is 2.12. The second-order valence-corrected chi connectivity index (χ2v) is 3.75. The minimum Gasteiger partial charge on any atom is -0.303 e. The van der Waals surface area contributed by atoms with Crippen LogP contribution >= 0.6 is 0 Å². The minimum atomic E-state index is 0.730. The third-order valence-electron chi connectivity index (χ3n) is 2.65. The Morgan fingerprint density at radius 1 is 1.08 bits per heavy atom. The highest BCUT2D eigenvalue weighted by molar-refractivity contribution is 4.82. The Balaban J connectivity index is 0.000000671. The van der Waals surface area contributed by atoms with Gasteiger partial charge in [0.2, 0.25) is 0 Å². The predicted molar refractivity (Wildman–Crippen MR) is 60.1 cm³/mol. The maximum Gasteiger partial charge on any atom is 0.0198 e. The zero-order chi connectivity index (χ0) is 10.4. The number of rotatable bonds is 1. The van der Waals surface area contributed by atoms with Crippen LogP contribution in [0.4, 0.5) is 0 Å². The van der Waals surface area contributed by atoms with Crippen LogP contribution in [0.5, 0.6) is 0 Å². The van der Waals surface area contributed by atoms with Gasteiger partial charge in [-0.15, -0.1) is 0 Å². The van der Waals surface area contributed by atoms with E-state index in [1.165, 1.54) is 19.6 Å². The number of hydrogen-bond donors (Lipinski definition) is 0. The number of nitrogens with zero attached hydrogens (tertiary/aromatic N) is 2. The van der Waals surface area contributed by atoms with E-state index in [0.717, 1.165) is 12.1 Å². The van der Waals surface area contributed by atoms with Crippen LogP contribution in [0.2, 0.25) is 0 Å². The fourth-order valence-corrected chi connectivity index (χ4v) is 2.24. The summed E-state index contributed by atoms with van der Waals surface area (Å²) in [5.74, 6) is 0. The minimum absolute atomic E-state index is 0.730. The Morgan fingerprint density at radius 3 is 1.77 bits per heavy atom. The third-order valence-corrected chi connectivity index (χ3v) is 2.65. The molecule has 0 saturated carbocycles. The molecular formula is C11H26N2. The second kappa shape index (κ2) is 6.39. The largest absolute Gasteiger partial charge is 0.303 e. The molecule has 0 aromatic rings. The van der Waals surface area contributed by atoms with E-state index in [2.05, 4.69) is 37.6 Å². The summed E-state index contributed by atoms with van der Waals surface area (Å²) in [7, 11) is 2.21. The van der Waals surface area contributed by atoms with E-state index < -0.39 is 0 Å². The van der Waals surface area contributed by atoms with Crippen LogP contribution in [-0.4, -0.2) is 48.6 Å². The van der Waals surface area contributed by atoms with Crippen LogP contribution in [0.15, 0.2) is 0 Å². The third kappa shape index (κ3) is 3.65. The summed E-state index contributed by atoms with van der Waals surface area (Å²) in [5, 5.41) is 0. The normalized spacial score (nSPS) is 30.9. The molecule has 0 bridgehead atoms. The fraction of sp³-hybridized carbons (Fsp3) is 1.00. The highest BCUT2D eigenvalue weighted by atomic mass is 15.3. The average Bonchev–Trinajstić information content (AvgIpc) is 2.07. The van der Waals surface area contributed by atoms with Gasteiger partial charge in [-0.3, -0.25) is 4.90 Å². The van der Waals surface area contributed by atoms with Crippen LogP contribution in [-0.2, 0) is 0 Å². The summed E-state index contributed by atoms with van der Waals surface area (Å²) in [5.41, 5.74) is 0. The van der Waals surface area contributed by atoms with E-state index >= 15 is 0 Å². The summed E-state index contributed by atoms with van der Waals surface area (Å²) in [6.45, 7) is 14.5. The lowest BCUT2D eigenvalue weighted by atomic mass is 10.1. The van der Waals surface area contributed by atoms with Crippen molar-refractivity contribution in [2.24, 2.45) is 0 Å². The molecule has 1 saturated heterocycles. The molecule has 0 N–H and O–H groups in total. The molecule has 2 heteroatoms. The first-order valence-corrected chi connectivity index (χ1v) is 5.59. The molecule has 1 aliphatic rings. The van der Waals surface area contributed by atoms with Crippen molar-refractivity contribution in [2.45, 2.75) is 46.7 Å². The van der Waals surface area contributed by atoms with Crippen LogP contribution in [0, 0.1) is 0 Å². The summed E-state index contributed by atoms with van der Waals surface area (Å²) in [6, 6.07) is 1.46. The first-order valence-electron chi connectivity index (χ1n) is 5.59. The summed E-state index contributed by atoms with van der Waals surface area (Å²) in [6.07, 6.45) is 0. The van der Waals surface area contributed by atoms with Gasteiger partial charge in [-0.1, -0.05) is 20.8 Å². The van der Waals surface area contributed by atoms with Gasteiger partial charge in [0.05, 0.1) is 0 Å². The van der Waals surface area contributed by atoms with Gasteiger partial charge in [-0.2, -0.15) is 0 Å². The first kappa shape index (κ1) is 12.9. The molecule has 2 unspecified atom stereocenters. The van der Waals surface area contributed by atoms with E-state index in [4.69, 9.17) is 0 Å². The van der Waals surface area contributed by atoms with Gasteiger partial charge in [0.15, 0.2) is 0 Å². The van der Waals surface area contributed by atoms with Gasteiger partial charge in [0.1, 0.15) is 0 Å². The molecule has 2 atom stereocenters. The van der Waals surface area contributed by atoms with Gasteiger partial charge in [-0.25, -0.2) is 0 Å². The van der Waals surface area contributed by atoms with E-state index in [1.54, 1.807) is 0 Å². The van der Waals surface area contributed by atoms with Crippen molar-refractivity contribution in [3.8, 4) is 0 Å². The lowest BCUT2D eigenvalue weighted by Crippen LogP contribution is -2.55. The lowest BCUT2D eigenvalue weighted by molar-refractivity contribution is 0.0573. The molecule has 0 spiro atoms. The van der Waals surface area contributed by atoms with Crippen LogP contribution in [0.1, 0.15) is 34.6 Å². The predicted octanol–water partition coefficient (Wildman–Crippen LogP) is 2.06. The zero-order valence-corrected chi connectivity index (χ0v) is 10.2. The number of piperazine rings is 1. The quantitative estimate of drug-likeness (QED) is 0.618. The summed E-state index contributed by atoms with van der Waals surface area (Å²) < 4.78 is 0. The lowest BCUT2D eigenvalue weighted by Gasteiger charge is -2.42. The molecule has 0 aromatic heterocycles. The van der Waals surface area contributed by atoms with Crippen molar-refractivity contribution in [2.75, 3.05) is 26.7 Å². The summed E-state index contributed by atoms with van der Waals surface area (Å²) >= 11 is 0. The molecule has 80 valence electrons. The molecule has 0 aromatic carbocycles. The van der Waals surface area contributed by atoms with Crippen molar-refractivity contribution < 1.29 is 0 Å². The molecule has 0 amide bonds. The maximum absolute atomic E-state index is 2.57. The Morgan fingerprint density at radius 2 is 1.46 bits per heavy atom. The van der Waals surface area contributed by atoms with Crippen LogP contribution in [0.25, 0.3) is 0 Å². The molecule has 0 aliphatic carbocycles. The van der Waals surface area contributed by atoms with E-state index in [0.29, 0.717) is 0 Å². The average molecular weight is 186 g/mol. The molecular weight excluding hydrogens is 160 g/mol. The highest BCUT2D eigenvalue weighted by Gasteiger charge is 2.25. The van der Waals surface area contributed by atoms with Gasteiger partial charge >= 0.3 is 0 Å². The SMILES string of the molecule is CC.CCN1C(C)CN(C)CC1C. The van der Waals surface area contributed by atoms with Crippen molar-refractivity contribution in [1.82, 2.24) is 9.80 Å². The smallest absolute Gasteiger partial charge is 0.0198 e. The van der Waals surface area contributed by atoms with Crippen LogP contribution in [0.3, 0.4) is 0 Å². The maximum atomic E-state index is 2.57. The first-order chi connectivity index (χ1) is 6.15. The van der Waals surface area contributed by atoms with Gasteiger partial charge in [-0.05, 0) is 27.4 Å². The Bertz CT molecular complexity index is 113. The Hall–Kier alpha value is -0.0800. The van der Waals surface area contributed by atoms with E-state index in [-0.39, 0.29) is 0 Å². The zero-order valence-electron chi connectivity index (χ0n) is 10.2. The number of hydrogen-bond acceptors (Lipinski definition) is 2. The molecule has 13 heavy (non-hydrogen) atoms. The van der Waals surface area contributed by atoms with Crippen molar-refractivity contribution >= 4 is 0 Å². The fourth-order valence-electron chi connectivity index (χ4n) is 2.24. The monoisotopic (exact) mass is 186 g/mol. The molecule has 1 aliphatic heterocycles. The molecule has 2 nitrogen and oxygen atoms in total. The van der Waals surface area contributed by atoms with E-state index in [1.807, 2.05) is 13.8 Å². The molecule has 0 radical (unpaired) electrons. The standard InChI is InChI=1S/C9H20N2.C2H6/c1-5-11-8(2)6-10(4)7-9(11)3;1-2/h8-9H,5-7H2,1-4H3;1-2H3. The molecule has 1 fully saturated rings. The summed E-state index contributed by atoms with van der Waals surface area (Å²) in [4.78, 5) is 4.99.